The van der Waals surface area contributed by atoms with Gasteiger partial charge in [-0.1, -0.05) is 6.07 Å². The van der Waals surface area contributed by atoms with Gasteiger partial charge in [-0.15, -0.1) is 11.3 Å². The second-order valence-electron chi connectivity index (χ2n) is 3.96. The number of aromatic nitrogens is 1. The molecular weight excluding hydrogens is 300 g/mol. The van der Waals surface area contributed by atoms with E-state index < -0.39 is 16.0 Å². The summed E-state index contributed by atoms with van der Waals surface area (Å²) in [5.41, 5.74) is 0.690. The van der Waals surface area contributed by atoms with Crippen LogP contribution < -0.4 is 4.72 Å². The first-order chi connectivity index (χ1) is 9.46. The zero-order chi connectivity index (χ0) is 14.6. The lowest BCUT2D eigenvalue weighted by Gasteiger charge is -2.05. The van der Waals surface area contributed by atoms with Crippen molar-refractivity contribution in [2.75, 3.05) is 10.5 Å². The largest absolute Gasteiger partial charge is 0.477 e. The van der Waals surface area contributed by atoms with Crippen molar-refractivity contribution in [3.8, 4) is 0 Å². The lowest BCUT2D eigenvalue weighted by molar-refractivity contribution is 0.0702. The van der Waals surface area contributed by atoms with E-state index in [9.17, 15) is 13.2 Å². The Morgan fingerprint density at radius 2 is 2.10 bits per heavy atom. The van der Waals surface area contributed by atoms with Crippen LogP contribution in [0.1, 0.15) is 15.4 Å². The standard InChI is InChI=1S/C12H12N2O4S2/c15-12(16)10-4-5-11(19-10)14-20(17,18)8-6-9-3-1-2-7-13-9/h1-5,7,14H,6,8H2,(H,15,16). The molecule has 0 fully saturated rings. The number of aromatic carboxylic acids is 1. The van der Waals surface area contributed by atoms with Crippen molar-refractivity contribution in [3.05, 3.63) is 47.1 Å². The summed E-state index contributed by atoms with van der Waals surface area (Å²) < 4.78 is 26.1. The first kappa shape index (κ1) is 14.5. The van der Waals surface area contributed by atoms with Crippen LogP contribution in [-0.2, 0) is 16.4 Å². The number of rotatable bonds is 6. The molecule has 106 valence electrons. The predicted molar refractivity (Wildman–Crippen MR) is 76.6 cm³/mol. The number of sulfonamides is 1. The van der Waals surface area contributed by atoms with Crippen LogP contribution in [0.3, 0.4) is 0 Å². The van der Waals surface area contributed by atoms with Crippen LogP contribution in [0.15, 0.2) is 36.5 Å². The number of hydrogen-bond donors (Lipinski definition) is 2. The van der Waals surface area contributed by atoms with E-state index in [0.717, 1.165) is 11.3 Å². The van der Waals surface area contributed by atoms with Crippen molar-refractivity contribution in [2.24, 2.45) is 0 Å². The fourth-order valence-corrected chi connectivity index (χ4v) is 3.60. The Morgan fingerprint density at radius 3 is 2.70 bits per heavy atom. The molecule has 0 aliphatic heterocycles. The third-order valence-corrected chi connectivity index (χ3v) is 4.82. The summed E-state index contributed by atoms with van der Waals surface area (Å²) in [6.07, 6.45) is 1.90. The lowest BCUT2D eigenvalue weighted by Crippen LogP contribution is -2.17. The van der Waals surface area contributed by atoms with E-state index in [2.05, 4.69) is 9.71 Å². The van der Waals surface area contributed by atoms with Crippen molar-refractivity contribution >= 4 is 32.3 Å². The van der Waals surface area contributed by atoms with Gasteiger partial charge in [0.1, 0.15) is 9.88 Å². The fourth-order valence-electron chi connectivity index (χ4n) is 1.50. The molecule has 2 aromatic heterocycles. The molecule has 2 aromatic rings. The lowest BCUT2D eigenvalue weighted by atomic mass is 10.3. The number of carboxylic acids is 1. The van der Waals surface area contributed by atoms with Crippen LogP contribution in [0.5, 0.6) is 0 Å². The molecule has 0 saturated heterocycles. The minimum Gasteiger partial charge on any atom is -0.477 e. The molecule has 0 amide bonds. The number of carbonyl (C=O) groups is 1. The molecule has 20 heavy (non-hydrogen) atoms. The second kappa shape index (κ2) is 6.02. The van der Waals surface area contributed by atoms with Gasteiger partial charge >= 0.3 is 5.97 Å². The molecule has 0 aliphatic carbocycles. The number of carboxylic acid groups (broad SMARTS) is 1. The monoisotopic (exact) mass is 312 g/mol. The van der Waals surface area contributed by atoms with Gasteiger partial charge < -0.3 is 5.11 Å². The summed E-state index contributed by atoms with van der Waals surface area (Å²) in [5.74, 6) is -1.18. The van der Waals surface area contributed by atoms with E-state index >= 15 is 0 Å². The van der Waals surface area contributed by atoms with E-state index in [1.807, 2.05) is 0 Å². The van der Waals surface area contributed by atoms with E-state index in [-0.39, 0.29) is 10.6 Å². The van der Waals surface area contributed by atoms with Gasteiger partial charge in [0.15, 0.2) is 0 Å². The Morgan fingerprint density at radius 1 is 1.30 bits per heavy atom. The Kier molecular flexibility index (Phi) is 4.35. The number of thiophene rings is 1. The molecule has 0 unspecified atom stereocenters. The van der Waals surface area contributed by atoms with Gasteiger partial charge in [-0.05, 0) is 24.3 Å². The van der Waals surface area contributed by atoms with Crippen LogP contribution in [0.25, 0.3) is 0 Å². The topological polar surface area (TPSA) is 96.4 Å². The van der Waals surface area contributed by atoms with Gasteiger partial charge in [-0.25, -0.2) is 13.2 Å². The van der Waals surface area contributed by atoms with E-state index in [4.69, 9.17) is 5.11 Å². The highest BCUT2D eigenvalue weighted by molar-refractivity contribution is 7.92. The molecule has 6 nitrogen and oxygen atoms in total. The van der Waals surface area contributed by atoms with Crippen LogP contribution in [0, 0.1) is 0 Å². The molecule has 0 spiro atoms. The quantitative estimate of drug-likeness (QED) is 0.848. The maximum Gasteiger partial charge on any atom is 0.345 e. The molecule has 0 bridgehead atoms. The van der Waals surface area contributed by atoms with Gasteiger partial charge in [-0.3, -0.25) is 9.71 Å². The fraction of sp³-hybridized carbons (Fsp3) is 0.167. The molecule has 0 atom stereocenters. The van der Waals surface area contributed by atoms with Crippen LogP contribution >= 0.6 is 11.3 Å². The van der Waals surface area contributed by atoms with E-state index in [0.29, 0.717) is 17.1 Å². The van der Waals surface area contributed by atoms with Crippen molar-refractivity contribution in [3.63, 3.8) is 0 Å². The third-order valence-electron chi connectivity index (χ3n) is 2.43. The maximum absolute atomic E-state index is 11.9. The van der Waals surface area contributed by atoms with Gasteiger partial charge in [0.05, 0.1) is 5.75 Å². The first-order valence-electron chi connectivity index (χ1n) is 5.70. The molecule has 0 radical (unpaired) electrons. The number of nitrogens with one attached hydrogen (secondary N) is 1. The Bertz CT molecular complexity index is 695. The SMILES string of the molecule is O=C(O)c1ccc(NS(=O)(=O)CCc2ccccn2)s1. The summed E-state index contributed by atoms with van der Waals surface area (Å²) >= 11 is 0.884. The Hall–Kier alpha value is -1.93. The minimum absolute atomic E-state index is 0.0902. The van der Waals surface area contributed by atoms with Crippen molar-refractivity contribution < 1.29 is 18.3 Å². The highest BCUT2D eigenvalue weighted by Gasteiger charge is 2.14. The Labute approximate surface area is 120 Å². The second-order valence-corrected chi connectivity index (χ2v) is 6.89. The van der Waals surface area contributed by atoms with Crippen LogP contribution in [0.4, 0.5) is 5.00 Å². The zero-order valence-corrected chi connectivity index (χ0v) is 11.9. The molecule has 8 heteroatoms. The molecule has 0 aliphatic rings. The molecule has 0 saturated carbocycles. The smallest absolute Gasteiger partial charge is 0.345 e. The maximum atomic E-state index is 11.9. The predicted octanol–water partition coefficient (Wildman–Crippen LogP) is 1.83. The molecule has 2 rings (SSSR count). The zero-order valence-electron chi connectivity index (χ0n) is 10.3. The molecule has 0 aromatic carbocycles. The van der Waals surface area contributed by atoms with Gasteiger partial charge in [0.2, 0.25) is 10.0 Å². The van der Waals surface area contributed by atoms with E-state index in [1.54, 1.807) is 24.4 Å². The van der Waals surface area contributed by atoms with Crippen LogP contribution in [0.2, 0.25) is 0 Å². The summed E-state index contributed by atoms with van der Waals surface area (Å²) in [4.78, 5) is 14.9. The van der Waals surface area contributed by atoms with Gasteiger partial charge in [-0.2, -0.15) is 0 Å². The number of aryl methyl sites for hydroxylation is 1. The summed E-state index contributed by atoms with van der Waals surface area (Å²) in [7, 11) is -3.52. The third kappa shape index (κ3) is 4.04. The first-order valence-corrected chi connectivity index (χ1v) is 8.17. The number of hydrogen-bond acceptors (Lipinski definition) is 5. The average molecular weight is 312 g/mol. The van der Waals surface area contributed by atoms with Gasteiger partial charge in [0.25, 0.3) is 0 Å². The molecule has 2 heterocycles. The highest BCUT2D eigenvalue weighted by Crippen LogP contribution is 2.23. The van der Waals surface area contributed by atoms with E-state index in [1.165, 1.54) is 12.1 Å². The summed E-state index contributed by atoms with van der Waals surface area (Å²) in [6.45, 7) is 0. The average Bonchev–Trinajstić information content (AvgIpc) is 2.86. The highest BCUT2D eigenvalue weighted by atomic mass is 32.2. The van der Waals surface area contributed by atoms with Crippen LogP contribution in [-0.4, -0.2) is 30.2 Å². The molecule has 2 N–H and O–H groups in total. The van der Waals surface area contributed by atoms with Crippen molar-refractivity contribution in [1.29, 1.82) is 0 Å². The Balaban J connectivity index is 1.98. The van der Waals surface area contributed by atoms with Crippen molar-refractivity contribution in [2.45, 2.75) is 6.42 Å². The number of pyridine rings is 1. The van der Waals surface area contributed by atoms with Crippen molar-refractivity contribution in [1.82, 2.24) is 4.98 Å². The summed E-state index contributed by atoms with van der Waals surface area (Å²) in [6, 6.07) is 8.11. The number of nitrogens with zero attached hydrogens (tertiary/aromatic N) is 1. The van der Waals surface area contributed by atoms with Gasteiger partial charge in [0, 0.05) is 18.3 Å². The molecular formula is C12H12N2O4S2. The minimum atomic E-state index is -3.52. The normalized spacial score (nSPS) is 11.2. The summed E-state index contributed by atoms with van der Waals surface area (Å²) in [5, 5.41) is 9.07. The number of anilines is 1.